The van der Waals surface area contributed by atoms with Gasteiger partial charge in [-0.2, -0.15) is 5.10 Å². The molecule has 1 unspecified atom stereocenters. The van der Waals surface area contributed by atoms with Crippen LogP contribution in [0.25, 0.3) is 10.9 Å². The number of aryl methyl sites for hydroxylation is 1. The van der Waals surface area contributed by atoms with Crippen LogP contribution in [-0.4, -0.2) is 9.78 Å². The molecule has 0 radical (unpaired) electrons. The van der Waals surface area contributed by atoms with Gasteiger partial charge in [0.05, 0.1) is 5.69 Å². The first-order valence-corrected chi connectivity index (χ1v) is 5.84. The second-order valence-corrected chi connectivity index (χ2v) is 4.82. The number of hydrogen-bond acceptors (Lipinski definition) is 2. The molecular weight excluding hydrogens is 217 g/mol. The fraction of sp³-hybridized carbons (Fsp3) is 0.462. The number of aromatic nitrogens is 2. The average molecular weight is 235 g/mol. The highest BCUT2D eigenvalue weighted by Crippen LogP contribution is 2.29. The van der Waals surface area contributed by atoms with Gasteiger partial charge in [-0.05, 0) is 12.8 Å². The molecule has 1 atom stereocenters. The summed E-state index contributed by atoms with van der Waals surface area (Å²) in [6.07, 6.45) is 0. The van der Waals surface area contributed by atoms with Crippen LogP contribution in [0.3, 0.4) is 0 Å². The van der Waals surface area contributed by atoms with Crippen LogP contribution >= 0.6 is 0 Å². The van der Waals surface area contributed by atoms with Crippen LogP contribution in [0.2, 0.25) is 0 Å². The summed E-state index contributed by atoms with van der Waals surface area (Å²) in [7, 11) is 1.77. The summed E-state index contributed by atoms with van der Waals surface area (Å²) in [4.78, 5) is 0. The molecule has 0 saturated heterocycles. The minimum absolute atomic E-state index is 0.251. The first-order chi connectivity index (χ1) is 7.93. The fourth-order valence-electron chi connectivity index (χ4n) is 2.15. The minimum Gasteiger partial charge on any atom is -0.324 e. The maximum Gasteiger partial charge on any atom is 0.153 e. The molecule has 0 saturated carbocycles. The highest BCUT2D eigenvalue weighted by atomic mass is 19.1. The number of hydrogen-bond donors (Lipinski definition) is 1. The molecule has 0 aliphatic rings. The lowest BCUT2D eigenvalue weighted by Gasteiger charge is -2.08. The van der Waals surface area contributed by atoms with E-state index in [2.05, 4.69) is 18.9 Å². The van der Waals surface area contributed by atoms with Gasteiger partial charge in [-0.1, -0.05) is 26.0 Å². The van der Waals surface area contributed by atoms with E-state index >= 15 is 0 Å². The summed E-state index contributed by atoms with van der Waals surface area (Å²) in [6, 6.07) is 3.37. The van der Waals surface area contributed by atoms with E-state index in [9.17, 15) is 4.39 Å². The van der Waals surface area contributed by atoms with E-state index in [1.54, 1.807) is 24.7 Å². The maximum atomic E-state index is 14.3. The third kappa shape index (κ3) is 1.82. The monoisotopic (exact) mass is 235 g/mol. The molecule has 4 heteroatoms. The van der Waals surface area contributed by atoms with Crippen molar-refractivity contribution < 1.29 is 4.39 Å². The van der Waals surface area contributed by atoms with Crippen LogP contribution in [-0.2, 0) is 7.05 Å². The highest BCUT2D eigenvalue weighted by Gasteiger charge is 2.18. The Labute approximate surface area is 100 Å². The Morgan fingerprint density at radius 2 is 1.94 bits per heavy atom. The lowest BCUT2D eigenvalue weighted by Crippen LogP contribution is -2.08. The van der Waals surface area contributed by atoms with Crippen LogP contribution in [0.1, 0.15) is 44.0 Å². The Morgan fingerprint density at radius 3 is 2.47 bits per heavy atom. The molecule has 2 aromatic rings. The lowest BCUT2D eigenvalue weighted by molar-refractivity contribution is 0.593. The largest absolute Gasteiger partial charge is 0.324 e. The zero-order valence-electron chi connectivity index (χ0n) is 10.7. The second kappa shape index (κ2) is 4.11. The molecule has 1 aromatic heterocycles. The molecule has 1 aromatic carbocycles. The zero-order chi connectivity index (χ0) is 12.7. The molecule has 2 rings (SSSR count). The molecule has 1 heterocycles. The first-order valence-electron chi connectivity index (χ1n) is 5.84. The summed E-state index contributed by atoms with van der Waals surface area (Å²) in [5.41, 5.74) is 7.76. The van der Waals surface area contributed by atoms with Gasteiger partial charge in [-0.3, -0.25) is 4.68 Å². The molecule has 2 N–H and O–H groups in total. The molecule has 0 fully saturated rings. The van der Waals surface area contributed by atoms with E-state index in [-0.39, 0.29) is 17.8 Å². The van der Waals surface area contributed by atoms with Crippen LogP contribution in [0.5, 0.6) is 0 Å². The van der Waals surface area contributed by atoms with Gasteiger partial charge in [0, 0.05) is 24.0 Å². The third-order valence-corrected chi connectivity index (χ3v) is 3.04. The van der Waals surface area contributed by atoms with Gasteiger partial charge in [0.25, 0.3) is 0 Å². The predicted molar refractivity (Wildman–Crippen MR) is 67.4 cm³/mol. The SMILES string of the molecule is CC(C)c1nn(C)c2c(F)c(C(C)N)ccc12. The topological polar surface area (TPSA) is 43.8 Å². The number of benzene rings is 1. The minimum atomic E-state index is -0.309. The summed E-state index contributed by atoms with van der Waals surface area (Å²) < 4.78 is 15.9. The van der Waals surface area contributed by atoms with Crippen molar-refractivity contribution in [3.05, 3.63) is 29.2 Å². The van der Waals surface area contributed by atoms with E-state index < -0.39 is 0 Å². The average Bonchev–Trinajstić information content (AvgIpc) is 2.56. The zero-order valence-corrected chi connectivity index (χ0v) is 10.7. The van der Waals surface area contributed by atoms with Crippen molar-refractivity contribution >= 4 is 10.9 Å². The molecule has 0 aliphatic heterocycles. The molecule has 0 bridgehead atoms. The van der Waals surface area contributed by atoms with Crippen molar-refractivity contribution in [2.75, 3.05) is 0 Å². The summed E-state index contributed by atoms with van der Waals surface area (Å²) in [5.74, 6) is 0.0265. The molecule has 0 aliphatic carbocycles. The van der Waals surface area contributed by atoms with Crippen LogP contribution < -0.4 is 5.73 Å². The Hall–Kier alpha value is -1.42. The highest BCUT2D eigenvalue weighted by molar-refractivity contribution is 5.84. The van der Waals surface area contributed by atoms with Crippen molar-refractivity contribution in [3.8, 4) is 0 Å². The van der Waals surface area contributed by atoms with Gasteiger partial charge >= 0.3 is 0 Å². The molecule has 3 nitrogen and oxygen atoms in total. The second-order valence-electron chi connectivity index (χ2n) is 4.82. The van der Waals surface area contributed by atoms with Crippen molar-refractivity contribution in [3.63, 3.8) is 0 Å². The van der Waals surface area contributed by atoms with Crippen molar-refractivity contribution in [1.29, 1.82) is 0 Å². The Balaban J connectivity index is 2.79. The summed E-state index contributed by atoms with van der Waals surface area (Å²) in [5, 5.41) is 5.27. The van der Waals surface area contributed by atoms with Gasteiger partial charge < -0.3 is 5.73 Å². The third-order valence-electron chi connectivity index (χ3n) is 3.04. The normalized spacial score (nSPS) is 13.6. The van der Waals surface area contributed by atoms with Crippen LogP contribution in [0.15, 0.2) is 12.1 Å². The van der Waals surface area contributed by atoms with Gasteiger partial charge in [0.1, 0.15) is 5.52 Å². The lowest BCUT2D eigenvalue weighted by atomic mass is 10.0. The Bertz CT molecular complexity index is 555. The fourth-order valence-corrected chi connectivity index (χ4v) is 2.15. The Kier molecular flexibility index (Phi) is 2.91. The quantitative estimate of drug-likeness (QED) is 0.869. The summed E-state index contributed by atoms with van der Waals surface area (Å²) >= 11 is 0. The number of nitrogens with zero attached hydrogens (tertiary/aromatic N) is 2. The maximum absolute atomic E-state index is 14.3. The van der Waals surface area contributed by atoms with Gasteiger partial charge in [-0.15, -0.1) is 0 Å². The smallest absolute Gasteiger partial charge is 0.153 e. The number of halogens is 1. The molecular formula is C13H18FN3. The summed E-state index contributed by atoms with van der Waals surface area (Å²) in [6.45, 7) is 5.89. The standard InChI is InChI=1S/C13H18FN3/c1-7(2)12-10-6-5-9(8(3)15)11(14)13(10)17(4)16-12/h5-8H,15H2,1-4H3. The van der Waals surface area contributed by atoms with Crippen molar-refractivity contribution in [2.24, 2.45) is 12.8 Å². The van der Waals surface area contributed by atoms with E-state index in [1.807, 2.05) is 6.07 Å². The van der Waals surface area contributed by atoms with Crippen LogP contribution in [0, 0.1) is 5.82 Å². The predicted octanol–water partition coefficient (Wildman–Crippen LogP) is 2.86. The first kappa shape index (κ1) is 12.0. The van der Waals surface area contributed by atoms with E-state index in [1.165, 1.54) is 0 Å². The van der Waals surface area contributed by atoms with Gasteiger partial charge in [0.2, 0.25) is 0 Å². The van der Waals surface area contributed by atoms with Gasteiger partial charge in [-0.25, -0.2) is 4.39 Å². The molecule has 0 amide bonds. The number of fused-ring (bicyclic) bond motifs is 1. The number of rotatable bonds is 2. The van der Waals surface area contributed by atoms with Crippen molar-refractivity contribution in [1.82, 2.24) is 9.78 Å². The van der Waals surface area contributed by atoms with Crippen LogP contribution in [0.4, 0.5) is 4.39 Å². The molecule has 92 valence electrons. The van der Waals surface area contributed by atoms with E-state index in [0.717, 1.165) is 11.1 Å². The van der Waals surface area contributed by atoms with Crippen molar-refractivity contribution in [2.45, 2.75) is 32.7 Å². The van der Waals surface area contributed by atoms with Gasteiger partial charge in [0.15, 0.2) is 5.82 Å². The number of nitrogens with two attached hydrogens (primary N) is 1. The Morgan fingerprint density at radius 1 is 1.29 bits per heavy atom. The van der Waals surface area contributed by atoms with E-state index in [0.29, 0.717) is 11.1 Å². The van der Waals surface area contributed by atoms with E-state index in [4.69, 9.17) is 5.73 Å². The molecule has 0 spiro atoms. The molecule has 17 heavy (non-hydrogen) atoms.